The molecule has 0 heterocycles. The van der Waals surface area contributed by atoms with E-state index >= 15 is 0 Å². The minimum Gasteiger partial charge on any atom is -0.316 e. The van der Waals surface area contributed by atoms with Gasteiger partial charge in [-0.3, -0.25) is 0 Å². The SMILES string of the molecule is CCCNCC1CC1c1ccc(SC(F)(F)F)cc1. The molecule has 1 saturated carbocycles. The van der Waals surface area contributed by atoms with Crippen molar-refractivity contribution >= 4 is 11.8 Å². The smallest absolute Gasteiger partial charge is 0.316 e. The normalized spacial score (nSPS) is 22.5. The summed E-state index contributed by atoms with van der Waals surface area (Å²) in [5.41, 5.74) is -3.04. The van der Waals surface area contributed by atoms with Crippen LogP contribution in [-0.2, 0) is 0 Å². The highest BCUT2D eigenvalue weighted by atomic mass is 32.2. The second-order valence-electron chi connectivity index (χ2n) is 4.92. The summed E-state index contributed by atoms with van der Waals surface area (Å²) in [5.74, 6) is 1.17. The maximum Gasteiger partial charge on any atom is 0.446 e. The van der Waals surface area contributed by atoms with Crippen molar-refractivity contribution in [1.29, 1.82) is 0 Å². The molecule has 0 bridgehead atoms. The first-order valence-corrected chi connectivity index (χ1v) is 7.37. The highest BCUT2D eigenvalue weighted by Gasteiger charge is 2.37. The molecule has 0 amide bonds. The van der Waals surface area contributed by atoms with E-state index in [0.29, 0.717) is 11.8 Å². The van der Waals surface area contributed by atoms with Crippen molar-refractivity contribution in [2.24, 2.45) is 5.92 Å². The largest absolute Gasteiger partial charge is 0.446 e. The molecule has 1 nitrogen and oxygen atoms in total. The highest BCUT2D eigenvalue weighted by molar-refractivity contribution is 8.00. The van der Waals surface area contributed by atoms with Gasteiger partial charge in [0.25, 0.3) is 0 Å². The average molecular weight is 289 g/mol. The average Bonchev–Trinajstić information content (AvgIpc) is 3.08. The molecular formula is C14H18F3NS. The molecule has 0 aromatic heterocycles. The third-order valence-corrected chi connectivity index (χ3v) is 4.04. The topological polar surface area (TPSA) is 12.0 Å². The van der Waals surface area contributed by atoms with Gasteiger partial charge in [-0.15, -0.1) is 0 Å². The van der Waals surface area contributed by atoms with E-state index in [1.165, 1.54) is 0 Å². The van der Waals surface area contributed by atoms with Gasteiger partial charge in [0.1, 0.15) is 0 Å². The van der Waals surface area contributed by atoms with Gasteiger partial charge in [-0.05, 0) is 67.2 Å². The molecule has 1 aromatic rings. The summed E-state index contributed by atoms with van der Waals surface area (Å²) >= 11 is -0.0531. The molecule has 2 unspecified atom stereocenters. The van der Waals surface area contributed by atoms with Crippen LogP contribution in [0.2, 0.25) is 0 Å². The number of benzene rings is 1. The fourth-order valence-corrected chi connectivity index (χ4v) is 2.80. The maximum absolute atomic E-state index is 12.2. The van der Waals surface area contributed by atoms with E-state index in [1.807, 2.05) is 12.1 Å². The van der Waals surface area contributed by atoms with Gasteiger partial charge in [-0.1, -0.05) is 19.1 Å². The Morgan fingerprint density at radius 2 is 1.95 bits per heavy atom. The molecule has 2 rings (SSSR count). The zero-order valence-electron chi connectivity index (χ0n) is 10.8. The maximum atomic E-state index is 12.2. The quantitative estimate of drug-likeness (QED) is 0.615. The van der Waals surface area contributed by atoms with Gasteiger partial charge >= 0.3 is 5.51 Å². The Kier molecular flexibility index (Phi) is 4.79. The minimum atomic E-state index is -4.20. The minimum absolute atomic E-state index is 0.0531. The Labute approximate surface area is 116 Å². The van der Waals surface area contributed by atoms with Gasteiger partial charge in [0.05, 0.1) is 0 Å². The van der Waals surface area contributed by atoms with Crippen molar-refractivity contribution in [3.63, 3.8) is 0 Å². The molecule has 0 saturated heterocycles. The molecule has 1 aliphatic carbocycles. The molecule has 1 aromatic carbocycles. The van der Waals surface area contributed by atoms with Crippen LogP contribution in [0.1, 0.15) is 31.2 Å². The third kappa shape index (κ3) is 4.73. The third-order valence-electron chi connectivity index (χ3n) is 3.30. The highest BCUT2D eigenvalue weighted by Crippen LogP contribution is 2.47. The van der Waals surface area contributed by atoms with Crippen LogP contribution in [0.4, 0.5) is 13.2 Å². The van der Waals surface area contributed by atoms with Crippen molar-refractivity contribution in [3.8, 4) is 0 Å². The molecule has 2 atom stereocenters. The molecule has 19 heavy (non-hydrogen) atoms. The molecule has 0 aliphatic heterocycles. The van der Waals surface area contributed by atoms with E-state index < -0.39 is 5.51 Å². The van der Waals surface area contributed by atoms with Crippen LogP contribution < -0.4 is 5.32 Å². The second kappa shape index (κ2) is 6.18. The number of hydrogen-bond acceptors (Lipinski definition) is 2. The summed E-state index contributed by atoms with van der Waals surface area (Å²) < 4.78 is 36.6. The summed E-state index contributed by atoms with van der Waals surface area (Å²) in [5, 5.41) is 3.39. The van der Waals surface area contributed by atoms with Gasteiger partial charge in [-0.25, -0.2) is 0 Å². The Balaban J connectivity index is 1.83. The lowest BCUT2D eigenvalue weighted by Crippen LogP contribution is -2.17. The molecule has 5 heteroatoms. The van der Waals surface area contributed by atoms with Crippen LogP contribution in [0, 0.1) is 5.92 Å². The summed E-state index contributed by atoms with van der Waals surface area (Å²) in [6.45, 7) is 4.18. The summed E-state index contributed by atoms with van der Waals surface area (Å²) in [6, 6.07) is 6.81. The lowest BCUT2D eigenvalue weighted by atomic mass is 10.1. The van der Waals surface area contributed by atoms with E-state index in [2.05, 4.69) is 12.2 Å². The number of hydrogen-bond donors (Lipinski definition) is 1. The Hall–Kier alpha value is -0.680. The van der Waals surface area contributed by atoms with Gasteiger partial charge < -0.3 is 5.32 Å². The summed E-state index contributed by atoms with van der Waals surface area (Å²) in [4.78, 5) is 0.262. The molecular weight excluding hydrogens is 271 g/mol. The Bertz CT molecular complexity index is 402. The van der Waals surface area contributed by atoms with Gasteiger partial charge in [0, 0.05) is 4.90 Å². The predicted octanol–water partition coefficient (Wildman–Crippen LogP) is 4.40. The number of alkyl halides is 3. The molecule has 106 valence electrons. The number of halogens is 3. The van der Waals surface area contributed by atoms with Crippen LogP contribution in [0.15, 0.2) is 29.2 Å². The molecule has 0 radical (unpaired) electrons. The number of thioether (sulfide) groups is 1. The lowest BCUT2D eigenvalue weighted by Gasteiger charge is -2.07. The summed E-state index contributed by atoms with van der Waals surface area (Å²) in [7, 11) is 0. The zero-order chi connectivity index (χ0) is 13.9. The monoisotopic (exact) mass is 289 g/mol. The van der Waals surface area contributed by atoms with Gasteiger partial charge in [-0.2, -0.15) is 13.2 Å². The van der Waals surface area contributed by atoms with Crippen molar-refractivity contribution in [3.05, 3.63) is 29.8 Å². The number of nitrogens with one attached hydrogen (secondary N) is 1. The molecule has 0 spiro atoms. The van der Waals surface area contributed by atoms with E-state index in [-0.39, 0.29) is 16.7 Å². The first kappa shape index (κ1) is 14.7. The fourth-order valence-electron chi connectivity index (χ4n) is 2.26. The van der Waals surface area contributed by atoms with Crippen molar-refractivity contribution < 1.29 is 13.2 Å². The standard InChI is InChI=1S/C14H18F3NS/c1-2-7-18-9-11-8-13(11)10-3-5-12(6-4-10)19-14(15,16)17/h3-6,11,13,18H,2,7-9H2,1H3. The zero-order valence-corrected chi connectivity index (χ0v) is 11.7. The summed E-state index contributed by atoms with van der Waals surface area (Å²) in [6.07, 6.45) is 2.27. The van der Waals surface area contributed by atoms with Crippen LogP contribution in [0.25, 0.3) is 0 Å². The second-order valence-corrected chi connectivity index (χ2v) is 6.06. The van der Waals surface area contributed by atoms with Crippen molar-refractivity contribution in [2.75, 3.05) is 13.1 Å². The van der Waals surface area contributed by atoms with Gasteiger partial charge in [0.2, 0.25) is 0 Å². The first-order valence-electron chi connectivity index (χ1n) is 6.56. The molecule has 1 aliphatic rings. The Morgan fingerprint density at radius 1 is 1.26 bits per heavy atom. The van der Waals surface area contributed by atoms with Crippen LogP contribution in [0.3, 0.4) is 0 Å². The van der Waals surface area contributed by atoms with Crippen LogP contribution >= 0.6 is 11.8 Å². The van der Waals surface area contributed by atoms with E-state index in [9.17, 15) is 13.2 Å². The van der Waals surface area contributed by atoms with Gasteiger partial charge in [0.15, 0.2) is 0 Å². The Morgan fingerprint density at radius 3 is 2.53 bits per heavy atom. The first-order chi connectivity index (χ1) is 8.99. The lowest BCUT2D eigenvalue weighted by molar-refractivity contribution is -0.0328. The molecule has 1 N–H and O–H groups in total. The predicted molar refractivity (Wildman–Crippen MR) is 72.4 cm³/mol. The molecule has 1 fully saturated rings. The van der Waals surface area contributed by atoms with E-state index in [0.717, 1.165) is 31.5 Å². The van der Waals surface area contributed by atoms with E-state index in [1.54, 1.807) is 12.1 Å². The van der Waals surface area contributed by atoms with Crippen molar-refractivity contribution in [1.82, 2.24) is 5.32 Å². The number of rotatable bonds is 6. The fraction of sp³-hybridized carbons (Fsp3) is 0.571. The van der Waals surface area contributed by atoms with E-state index in [4.69, 9.17) is 0 Å². The van der Waals surface area contributed by atoms with Crippen molar-refractivity contribution in [2.45, 2.75) is 36.1 Å². The van der Waals surface area contributed by atoms with Crippen LogP contribution in [0.5, 0.6) is 0 Å². The van der Waals surface area contributed by atoms with Crippen LogP contribution in [-0.4, -0.2) is 18.6 Å².